The first-order valence-corrected chi connectivity index (χ1v) is 7.56. The normalized spacial score (nSPS) is 12.1. The highest BCUT2D eigenvalue weighted by Crippen LogP contribution is 2.23. The van der Waals surface area contributed by atoms with Crippen molar-refractivity contribution in [3.8, 4) is 5.75 Å². The lowest BCUT2D eigenvalue weighted by atomic mass is 10.1. The molecule has 20 heavy (non-hydrogen) atoms. The van der Waals surface area contributed by atoms with Crippen molar-refractivity contribution in [1.29, 1.82) is 0 Å². The molecule has 1 unspecified atom stereocenters. The predicted molar refractivity (Wildman–Crippen MR) is 84.9 cm³/mol. The van der Waals surface area contributed by atoms with Gasteiger partial charge < -0.3 is 15.4 Å². The molecule has 0 saturated carbocycles. The molecule has 5 heteroatoms. The van der Waals surface area contributed by atoms with E-state index in [1.807, 2.05) is 25.1 Å². The average Bonchev–Trinajstić information content (AvgIpc) is 2.37. The smallest absolute Gasteiger partial charge is 0.222 e. The maximum absolute atomic E-state index is 11.4. The second-order valence-corrected chi connectivity index (χ2v) is 6.03. The lowest BCUT2D eigenvalue weighted by Gasteiger charge is -2.12. The van der Waals surface area contributed by atoms with Crippen LogP contribution in [0.25, 0.3) is 0 Å². The van der Waals surface area contributed by atoms with Gasteiger partial charge in [0.1, 0.15) is 5.75 Å². The Kier molecular flexibility index (Phi) is 7.02. The van der Waals surface area contributed by atoms with Crippen LogP contribution in [0.5, 0.6) is 5.75 Å². The lowest BCUT2D eigenvalue weighted by Crippen LogP contribution is -2.21. The molecule has 0 aromatic heterocycles. The largest absolute Gasteiger partial charge is 0.494 e. The van der Waals surface area contributed by atoms with Crippen molar-refractivity contribution in [2.45, 2.75) is 32.2 Å². The third-order valence-corrected chi connectivity index (χ3v) is 3.64. The Morgan fingerprint density at radius 2 is 2.15 bits per heavy atom. The Morgan fingerprint density at radius 1 is 1.45 bits per heavy atom. The molecular weight excluding hydrogens is 320 g/mol. The number of hydrogen-bond acceptors (Lipinski definition) is 3. The molecule has 0 aliphatic carbocycles. The summed E-state index contributed by atoms with van der Waals surface area (Å²) < 4.78 is 6.73. The van der Waals surface area contributed by atoms with E-state index in [9.17, 15) is 4.79 Å². The molecule has 112 valence electrons. The first-order chi connectivity index (χ1) is 9.40. The van der Waals surface area contributed by atoms with Gasteiger partial charge >= 0.3 is 0 Å². The number of halogens is 1. The molecular formula is C15H23BrN2O2. The molecule has 1 amide bonds. The topological polar surface area (TPSA) is 55.6 Å². The maximum Gasteiger partial charge on any atom is 0.222 e. The van der Waals surface area contributed by atoms with Gasteiger partial charge in [-0.3, -0.25) is 4.79 Å². The Balaban J connectivity index is 2.46. The minimum absolute atomic E-state index is 0.110. The fraction of sp³-hybridized carbons (Fsp3) is 0.533. The summed E-state index contributed by atoms with van der Waals surface area (Å²) in [6.45, 7) is 2.52. The summed E-state index contributed by atoms with van der Waals surface area (Å²) in [5.74, 6) is 0.947. The summed E-state index contributed by atoms with van der Waals surface area (Å²) in [7, 11) is 3.52. The summed E-state index contributed by atoms with van der Waals surface area (Å²) in [5.41, 5.74) is 6.96. The first kappa shape index (κ1) is 17.0. The van der Waals surface area contributed by atoms with Gasteiger partial charge in [-0.05, 0) is 43.5 Å². The summed E-state index contributed by atoms with van der Waals surface area (Å²) >= 11 is 3.51. The van der Waals surface area contributed by atoms with Crippen molar-refractivity contribution in [2.75, 3.05) is 20.7 Å². The minimum atomic E-state index is 0.110. The van der Waals surface area contributed by atoms with Crippen LogP contribution >= 0.6 is 15.9 Å². The molecule has 4 nitrogen and oxygen atoms in total. The number of carbonyl (C=O) groups excluding carboxylic acids is 1. The van der Waals surface area contributed by atoms with Crippen molar-refractivity contribution >= 4 is 21.8 Å². The number of benzene rings is 1. The summed E-state index contributed by atoms with van der Waals surface area (Å²) in [6.07, 6.45) is 2.03. The Hall–Kier alpha value is -1.07. The molecule has 1 aromatic rings. The van der Waals surface area contributed by atoms with E-state index in [-0.39, 0.29) is 11.9 Å². The van der Waals surface area contributed by atoms with Gasteiger partial charge in [-0.2, -0.15) is 0 Å². The van der Waals surface area contributed by atoms with Gasteiger partial charge in [0.25, 0.3) is 0 Å². The van der Waals surface area contributed by atoms with Gasteiger partial charge in [0.2, 0.25) is 5.91 Å². The Bertz CT molecular complexity index is 447. The number of amides is 1. The minimum Gasteiger partial charge on any atom is -0.494 e. The molecule has 1 rings (SSSR count). The highest BCUT2D eigenvalue weighted by atomic mass is 79.9. The second-order valence-electron chi connectivity index (χ2n) is 5.17. The molecule has 0 fully saturated rings. The van der Waals surface area contributed by atoms with Crippen LogP contribution in [0.3, 0.4) is 0 Å². The highest BCUT2D eigenvalue weighted by Gasteiger charge is 2.06. The van der Waals surface area contributed by atoms with Crippen molar-refractivity contribution < 1.29 is 9.53 Å². The SMILES string of the molecule is CC(N)Cc1cc(OCCCC(=O)N(C)C)ccc1Br. The monoisotopic (exact) mass is 342 g/mol. The summed E-state index contributed by atoms with van der Waals surface area (Å²) in [4.78, 5) is 13.0. The predicted octanol–water partition coefficient (Wildman–Crippen LogP) is 2.59. The van der Waals surface area contributed by atoms with Crippen LogP contribution in [0, 0.1) is 0 Å². The van der Waals surface area contributed by atoms with Gasteiger partial charge in [-0.15, -0.1) is 0 Å². The molecule has 0 saturated heterocycles. The molecule has 0 spiro atoms. The zero-order chi connectivity index (χ0) is 15.1. The van der Waals surface area contributed by atoms with Crippen LogP contribution < -0.4 is 10.5 Å². The fourth-order valence-electron chi connectivity index (χ4n) is 1.78. The van der Waals surface area contributed by atoms with Gasteiger partial charge in [-0.25, -0.2) is 0 Å². The van der Waals surface area contributed by atoms with Crippen LogP contribution in [-0.4, -0.2) is 37.6 Å². The van der Waals surface area contributed by atoms with Crippen molar-refractivity contribution in [3.63, 3.8) is 0 Å². The molecule has 0 bridgehead atoms. The number of hydrogen-bond donors (Lipinski definition) is 1. The van der Waals surface area contributed by atoms with Gasteiger partial charge in [0.15, 0.2) is 0 Å². The zero-order valence-corrected chi connectivity index (χ0v) is 13.9. The molecule has 1 aromatic carbocycles. The quantitative estimate of drug-likeness (QED) is 0.775. The first-order valence-electron chi connectivity index (χ1n) is 6.77. The van der Waals surface area contributed by atoms with Crippen LogP contribution in [0.1, 0.15) is 25.3 Å². The van der Waals surface area contributed by atoms with E-state index in [0.29, 0.717) is 13.0 Å². The fourth-order valence-corrected chi connectivity index (χ4v) is 2.19. The van der Waals surface area contributed by atoms with Crippen LogP contribution in [0.4, 0.5) is 0 Å². The van der Waals surface area contributed by atoms with Crippen molar-refractivity contribution in [2.24, 2.45) is 5.73 Å². The van der Waals surface area contributed by atoms with Crippen molar-refractivity contribution in [1.82, 2.24) is 4.90 Å². The standard InChI is InChI=1S/C15H23BrN2O2/c1-11(17)9-12-10-13(6-7-14(12)16)20-8-4-5-15(19)18(2)3/h6-7,10-11H,4-5,8-9,17H2,1-3H3. The number of nitrogens with two attached hydrogens (primary N) is 1. The Morgan fingerprint density at radius 3 is 2.75 bits per heavy atom. The summed E-state index contributed by atoms with van der Waals surface area (Å²) in [5, 5.41) is 0. The third-order valence-electron chi connectivity index (χ3n) is 2.86. The lowest BCUT2D eigenvalue weighted by molar-refractivity contribution is -0.128. The number of nitrogens with zero attached hydrogens (tertiary/aromatic N) is 1. The van der Waals surface area contributed by atoms with E-state index in [1.54, 1.807) is 19.0 Å². The molecule has 0 heterocycles. The van der Waals surface area contributed by atoms with Gasteiger partial charge in [-0.1, -0.05) is 15.9 Å². The number of rotatable bonds is 7. The van der Waals surface area contributed by atoms with Gasteiger partial charge in [0.05, 0.1) is 6.61 Å². The van der Waals surface area contributed by atoms with E-state index >= 15 is 0 Å². The van der Waals surface area contributed by atoms with E-state index in [2.05, 4.69) is 15.9 Å². The Labute approximate surface area is 129 Å². The second kappa shape index (κ2) is 8.27. The van der Waals surface area contributed by atoms with Crippen LogP contribution in [0.2, 0.25) is 0 Å². The zero-order valence-electron chi connectivity index (χ0n) is 12.4. The number of carbonyl (C=O) groups is 1. The molecule has 0 radical (unpaired) electrons. The maximum atomic E-state index is 11.4. The van der Waals surface area contributed by atoms with Crippen molar-refractivity contribution in [3.05, 3.63) is 28.2 Å². The van der Waals surface area contributed by atoms with Gasteiger partial charge in [0, 0.05) is 31.0 Å². The molecule has 2 N–H and O–H groups in total. The molecule has 0 aliphatic rings. The summed E-state index contributed by atoms with van der Waals surface area (Å²) in [6, 6.07) is 6.00. The average molecular weight is 343 g/mol. The highest BCUT2D eigenvalue weighted by molar-refractivity contribution is 9.10. The van der Waals surface area contributed by atoms with E-state index in [4.69, 9.17) is 10.5 Å². The third kappa shape index (κ3) is 5.92. The molecule has 1 atom stereocenters. The van der Waals surface area contributed by atoms with E-state index < -0.39 is 0 Å². The van der Waals surface area contributed by atoms with Crippen LogP contribution in [-0.2, 0) is 11.2 Å². The molecule has 0 aliphatic heterocycles. The number of ether oxygens (including phenoxy) is 1. The van der Waals surface area contributed by atoms with E-state index in [1.165, 1.54) is 0 Å². The van der Waals surface area contributed by atoms with E-state index in [0.717, 1.165) is 28.6 Å². The van der Waals surface area contributed by atoms with Crippen LogP contribution in [0.15, 0.2) is 22.7 Å².